The topological polar surface area (TPSA) is 94.3 Å². The number of hydrogen-bond donors (Lipinski definition) is 1. The van der Waals surface area contributed by atoms with E-state index in [1.165, 1.54) is 0 Å². The molecule has 4 aromatic rings. The van der Waals surface area contributed by atoms with Crippen molar-refractivity contribution in [1.82, 2.24) is 29.9 Å². The van der Waals surface area contributed by atoms with Gasteiger partial charge in [0, 0.05) is 23.9 Å². The van der Waals surface area contributed by atoms with E-state index in [1.54, 1.807) is 31.6 Å². The number of aromatic nitrogens is 5. The predicted octanol–water partition coefficient (Wildman–Crippen LogP) is 2.41. The summed E-state index contributed by atoms with van der Waals surface area (Å²) in [5, 5.41) is 11.4. The Morgan fingerprint density at radius 1 is 1.22 bits per heavy atom. The van der Waals surface area contributed by atoms with E-state index in [0.717, 1.165) is 16.8 Å². The van der Waals surface area contributed by atoms with Crippen LogP contribution in [0.3, 0.4) is 0 Å². The van der Waals surface area contributed by atoms with Crippen molar-refractivity contribution in [3.63, 3.8) is 0 Å². The number of ether oxygens (including phenoxy) is 1. The lowest BCUT2D eigenvalue weighted by molar-refractivity contribution is 0.0956. The van der Waals surface area contributed by atoms with Crippen LogP contribution in [-0.2, 0) is 0 Å². The second-order valence-electron chi connectivity index (χ2n) is 6.06. The summed E-state index contributed by atoms with van der Waals surface area (Å²) in [6.45, 7) is 4.33. The monoisotopic (exact) mass is 362 g/mol. The Bertz CT molecular complexity index is 1170. The van der Waals surface area contributed by atoms with Crippen molar-refractivity contribution in [3.05, 3.63) is 47.9 Å². The molecule has 8 nitrogen and oxygen atoms in total. The Labute approximate surface area is 155 Å². The minimum absolute atomic E-state index is 0.125. The number of benzene rings is 1. The first-order valence-corrected chi connectivity index (χ1v) is 8.55. The maximum absolute atomic E-state index is 12.2. The molecular weight excluding hydrogens is 344 g/mol. The Kier molecular flexibility index (Phi) is 4.15. The van der Waals surface area contributed by atoms with Crippen LogP contribution in [0.4, 0.5) is 0 Å². The first kappa shape index (κ1) is 16.9. The summed E-state index contributed by atoms with van der Waals surface area (Å²) in [7, 11) is 1.59. The molecule has 0 saturated carbocycles. The number of rotatable bonds is 4. The average Bonchev–Trinajstić information content (AvgIpc) is 3.14. The van der Waals surface area contributed by atoms with Gasteiger partial charge in [0.2, 0.25) is 0 Å². The number of pyridine rings is 1. The zero-order chi connectivity index (χ0) is 19.0. The Morgan fingerprint density at radius 2 is 2.07 bits per heavy atom. The van der Waals surface area contributed by atoms with Gasteiger partial charge >= 0.3 is 0 Å². The van der Waals surface area contributed by atoms with E-state index in [9.17, 15) is 4.79 Å². The highest BCUT2D eigenvalue weighted by molar-refractivity contribution is 5.97. The molecule has 8 heteroatoms. The molecule has 3 aromatic heterocycles. The SMILES string of the molecule is CCNC(=O)c1ccc2c(c1)nc(C)c1nnc(-c3cncc(OC)c3)n12. The summed E-state index contributed by atoms with van der Waals surface area (Å²) in [5.74, 6) is 1.15. The van der Waals surface area contributed by atoms with Crippen LogP contribution in [0.5, 0.6) is 5.75 Å². The maximum Gasteiger partial charge on any atom is 0.251 e. The Hall–Kier alpha value is -3.55. The molecule has 1 amide bonds. The molecular formula is C19H18N6O2. The van der Waals surface area contributed by atoms with E-state index in [2.05, 4.69) is 25.5 Å². The third-order valence-corrected chi connectivity index (χ3v) is 4.30. The van der Waals surface area contributed by atoms with Gasteiger partial charge in [0.1, 0.15) is 5.75 Å². The van der Waals surface area contributed by atoms with Crippen LogP contribution in [0.15, 0.2) is 36.7 Å². The lowest BCUT2D eigenvalue weighted by atomic mass is 10.1. The minimum Gasteiger partial charge on any atom is -0.495 e. The smallest absolute Gasteiger partial charge is 0.251 e. The zero-order valence-corrected chi connectivity index (χ0v) is 15.2. The van der Waals surface area contributed by atoms with Gasteiger partial charge in [-0.3, -0.25) is 14.2 Å². The first-order chi connectivity index (χ1) is 13.1. The average molecular weight is 362 g/mol. The molecule has 0 radical (unpaired) electrons. The van der Waals surface area contributed by atoms with Gasteiger partial charge in [0.05, 0.1) is 30.0 Å². The van der Waals surface area contributed by atoms with Crippen LogP contribution in [0.25, 0.3) is 28.1 Å². The van der Waals surface area contributed by atoms with Crippen molar-refractivity contribution in [3.8, 4) is 17.1 Å². The number of nitrogens with zero attached hydrogens (tertiary/aromatic N) is 5. The fourth-order valence-corrected chi connectivity index (χ4v) is 3.02. The Morgan fingerprint density at radius 3 is 2.85 bits per heavy atom. The summed E-state index contributed by atoms with van der Waals surface area (Å²) in [4.78, 5) is 21.0. The van der Waals surface area contributed by atoms with E-state index in [-0.39, 0.29) is 5.91 Å². The van der Waals surface area contributed by atoms with E-state index < -0.39 is 0 Å². The number of nitrogens with one attached hydrogen (secondary N) is 1. The molecule has 3 heterocycles. The summed E-state index contributed by atoms with van der Waals surface area (Å²) in [6, 6.07) is 7.27. The Balaban J connectivity index is 1.97. The summed E-state index contributed by atoms with van der Waals surface area (Å²) in [5.41, 5.74) is 4.23. The van der Waals surface area contributed by atoms with Crippen molar-refractivity contribution in [1.29, 1.82) is 0 Å². The van der Waals surface area contributed by atoms with Crippen LogP contribution >= 0.6 is 0 Å². The number of aryl methyl sites for hydroxylation is 1. The maximum atomic E-state index is 12.2. The summed E-state index contributed by atoms with van der Waals surface area (Å²) in [6.07, 6.45) is 3.35. The van der Waals surface area contributed by atoms with Crippen LogP contribution in [0.1, 0.15) is 23.0 Å². The van der Waals surface area contributed by atoms with Gasteiger partial charge in [-0.05, 0) is 38.1 Å². The largest absolute Gasteiger partial charge is 0.495 e. The molecule has 0 aliphatic rings. The van der Waals surface area contributed by atoms with Crippen LogP contribution in [0.2, 0.25) is 0 Å². The van der Waals surface area contributed by atoms with Crippen molar-refractivity contribution in [2.75, 3.05) is 13.7 Å². The van der Waals surface area contributed by atoms with E-state index in [0.29, 0.717) is 34.8 Å². The molecule has 0 bridgehead atoms. The van der Waals surface area contributed by atoms with Crippen LogP contribution in [0, 0.1) is 6.92 Å². The summed E-state index contributed by atoms with van der Waals surface area (Å²) < 4.78 is 7.19. The predicted molar refractivity (Wildman–Crippen MR) is 101 cm³/mol. The highest BCUT2D eigenvalue weighted by atomic mass is 16.5. The number of carbonyl (C=O) groups excluding carboxylic acids is 1. The molecule has 0 aliphatic heterocycles. The fraction of sp³-hybridized carbons (Fsp3) is 0.211. The first-order valence-electron chi connectivity index (χ1n) is 8.55. The van der Waals surface area contributed by atoms with Crippen molar-refractivity contribution in [2.45, 2.75) is 13.8 Å². The normalized spacial score (nSPS) is 11.1. The van der Waals surface area contributed by atoms with Gasteiger partial charge in [-0.15, -0.1) is 10.2 Å². The molecule has 0 atom stereocenters. The second-order valence-corrected chi connectivity index (χ2v) is 6.06. The molecule has 0 unspecified atom stereocenters. The standard InChI is InChI=1S/C19H18N6O2/c1-4-21-19(26)12-5-6-16-15(8-12)22-11(2)17-23-24-18(25(16)17)13-7-14(27-3)10-20-9-13/h5-10H,4H2,1-3H3,(H,21,26). The van der Waals surface area contributed by atoms with Crippen molar-refractivity contribution >= 4 is 22.6 Å². The van der Waals surface area contributed by atoms with Crippen LogP contribution < -0.4 is 10.1 Å². The number of hydrogen-bond acceptors (Lipinski definition) is 6. The molecule has 0 saturated heterocycles. The lowest BCUT2D eigenvalue weighted by Crippen LogP contribution is -2.22. The molecule has 27 heavy (non-hydrogen) atoms. The number of amides is 1. The van der Waals surface area contributed by atoms with Gasteiger partial charge in [0.15, 0.2) is 11.5 Å². The van der Waals surface area contributed by atoms with Gasteiger partial charge in [-0.1, -0.05) is 0 Å². The van der Waals surface area contributed by atoms with E-state index in [4.69, 9.17) is 4.74 Å². The molecule has 1 aromatic carbocycles. The molecule has 4 rings (SSSR count). The van der Waals surface area contributed by atoms with Crippen LogP contribution in [-0.4, -0.2) is 44.1 Å². The summed E-state index contributed by atoms with van der Waals surface area (Å²) >= 11 is 0. The number of methoxy groups -OCH3 is 1. The van der Waals surface area contributed by atoms with Gasteiger partial charge < -0.3 is 10.1 Å². The highest BCUT2D eigenvalue weighted by Crippen LogP contribution is 2.26. The van der Waals surface area contributed by atoms with Crippen molar-refractivity contribution in [2.24, 2.45) is 0 Å². The van der Waals surface area contributed by atoms with E-state index in [1.807, 2.05) is 30.4 Å². The highest BCUT2D eigenvalue weighted by Gasteiger charge is 2.16. The quantitative estimate of drug-likeness (QED) is 0.599. The molecule has 136 valence electrons. The molecule has 0 fully saturated rings. The zero-order valence-electron chi connectivity index (χ0n) is 15.2. The molecule has 0 aliphatic carbocycles. The number of carbonyl (C=O) groups is 1. The van der Waals surface area contributed by atoms with E-state index >= 15 is 0 Å². The van der Waals surface area contributed by atoms with Crippen molar-refractivity contribution < 1.29 is 9.53 Å². The molecule has 0 spiro atoms. The lowest BCUT2D eigenvalue weighted by Gasteiger charge is -2.09. The van der Waals surface area contributed by atoms with Gasteiger partial charge in [-0.25, -0.2) is 4.98 Å². The van der Waals surface area contributed by atoms with Gasteiger partial charge in [-0.2, -0.15) is 0 Å². The third-order valence-electron chi connectivity index (χ3n) is 4.30. The van der Waals surface area contributed by atoms with Gasteiger partial charge in [0.25, 0.3) is 5.91 Å². The third kappa shape index (κ3) is 2.84. The molecule has 1 N–H and O–H groups in total. The second kappa shape index (κ2) is 6.64. The fourth-order valence-electron chi connectivity index (χ4n) is 3.02. The minimum atomic E-state index is -0.125. The number of fused-ring (bicyclic) bond motifs is 3.